The molecule has 0 amide bonds. The highest BCUT2D eigenvalue weighted by atomic mass is 16.5. The Labute approximate surface area is 171 Å². The number of rotatable bonds is 3. The van der Waals surface area contributed by atoms with Crippen LogP contribution < -0.4 is 10.5 Å². The summed E-state index contributed by atoms with van der Waals surface area (Å²) in [4.78, 5) is 0. The molecule has 0 bridgehead atoms. The molecule has 5 heteroatoms. The molecule has 1 aliphatic rings. The zero-order valence-corrected chi connectivity index (χ0v) is 17.1. The number of aromatic nitrogens is 2. The maximum Gasteiger partial charge on any atom is 0.229 e. The fraction of sp³-hybridized carbons (Fsp3) is 0.250. The molecule has 3 aromatic rings. The van der Waals surface area contributed by atoms with Gasteiger partial charge in [-0.05, 0) is 43.0 Å². The molecule has 2 heterocycles. The predicted molar refractivity (Wildman–Crippen MR) is 113 cm³/mol. The van der Waals surface area contributed by atoms with Gasteiger partial charge in [-0.15, -0.1) is 0 Å². The highest BCUT2D eigenvalue weighted by Crippen LogP contribution is 2.44. The van der Waals surface area contributed by atoms with E-state index in [1.165, 1.54) is 11.1 Å². The van der Waals surface area contributed by atoms with Crippen LogP contribution in [-0.2, 0) is 0 Å². The zero-order valence-electron chi connectivity index (χ0n) is 17.1. The number of nitriles is 1. The molecule has 29 heavy (non-hydrogen) atoms. The van der Waals surface area contributed by atoms with E-state index in [1.54, 1.807) is 4.68 Å². The summed E-state index contributed by atoms with van der Waals surface area (Å²) in [6, 6.07) is 18.7. The Morgan fingerprint density at radius 2 is 1.72 bits per heavy atom. The minimum absolute atomic E-state index is 0.131. The van der Waals surface area contributed by atoms with Gasteiger partial charge < -0.3 is 10.5 Å². The fourth-order valence-electron chi connectivity index (χ4n) is 3.78. The Kier molecular flexibility index (Phi) is 4.63. The second kappa shape index (κ2) is 7.14. The summed E-state index contributed by atoms with van der Waals surface area (Å²) < 4.78 is 7.69. The maximum absolute atomic E-state index is 9.81. The first-order valence-corrected chi connectivity index (χ1v) is 9.74. The van der Waals surface area contributed by atoms with Gasteiger partial charge in [0.1, 0.15) is 11.6 Å². The first-order chi connectivity index (χ1) is 13.9. The summed E-state index contributed by atoms with van der Waals surface area (Å²) in [5.41, 5.74) is 12.6. The lowest BCUT2D eigenvalue weighted by Crippen LogP contribution is -2.22. The number of fused-ring (bicyclic) bond motifs is 1. The third-order valence-corrected chi connectivity index (χ3v) is 5.45. The van der Waals surface area contributed by atoms with E-state index in [0.29, 0.717) is 17.4 Å². The van der Waals surface area contributed by atoms with E-state index in [1.807, 2.05) is 38.1 Å². The molecule has 1 aromatic heterocycles. The van der Waals surface area contributed by atoms with Gasteiger partial charge in [-0.1, -0.05) is 55.8 Å². The summed E-state index contributed by atoms with van der Waals surface area (Å²) >= 11 is 0. The normalized spacial score (nSPS) is 15.8. The van der Waals surface area contributed by atoms with E-state index < -0.39 is 0 Å². The number of aryl methyl sites for hydroxylation is 2. The quantitative estimate of drug-likeness (QED) is 0.701. The number of hydrogen-bond acceptors (Lipinski definition) is 4. The van der Waals surface area contributed by atoms with Crippen LogP contribution in [0.4, 0.5) is 0 Å². The van der Waals surface area contributed by atoms with Crippen molar-refractivity contribution < 1.29 is 4.74 Å². The van der Waals surface area contributed by atoms with Crippen molar-refractivity contribution in [1.29, 1.82) is 5.26 Å². The van der Waals surface area contributed by atoms with E-state index in [0.717, 1.165) is 22.5 Å². The van der Waals surface area contributed by atoms with Crippen molar-refractivity contribution in [3.05, 3.63) is 87.9 Å². The molecule has 0 radical (unpaired) electrons. The van der Waals surface area contributed by atoms with Crippen molar-refractivity contribution in [3.63, 3.8) is 0 Å². The summed E-state index contributed by atoms with van der Waals surface area (Å²) in [6.45, 7) is 8.31. The number of nitrogens with two attached hydrogens (primary N) is 1. The Hall–Kier alpha value is -3.52. The molecule has 2 N–H and O–H groups in total. The van der Waals surface area contributed by atoms with Crippen LogP contribution in [0, 0.1) is 25.2 Å². The Morgan fingerprint density at radius 3 is 2.31 bits per heavy atom. The lowest BCUT2D eigenvalue weighted by Gasteiger charge is -2.25. The van der Waals surface area contributed by atoms with E-state index >= 15 is 0 Å². The maximum atomic E-state index is 9.81. The molecule has 1 unspecified atom stereocenters. The van der Waals surface area contributed by atoms with Crippen LogP contribution in [0.3, 0.4) is 0 Å². The number of benzene rings is 2. The van der Waals surface area contributed by atoms with Gasteiger partial charge in [-0.25, -0.2) is 4.68 Å². The van der Waals surface area contributed by atoms with E-state index in [2.05, 4.69) is 44.2 Å². The van der Waals surface area contributed by atoms with Crippen molar-refractivity contribution in [3.8, 4) is 17.6 Å². The largest absolute Gasteiger partial charge is 0.422 e. The molecule has 146 valence electrons. The highest BCUT2D eigenvalue weighted by Gasteiger charge is 2.36. The van der Waals surface area contributed by atoms with Crippen LogP contribution in [-0.4, -0.2) is 9.78 Å². The third-order valence-electron chi connectivity index (χ3n) is 5.45. The molecule has 1 atom stereocenters. The fourth-order valence-corrected chi connectivity index (χ4v) is 3.78. The van der Waals surface area contributed by atoms with Crippen LogP contribution in [0.5, 0.6) is 5.88 Å². The topological polar surface area (TPSA) is 76.9 Å². The molecular weight excluding hydrogens is 360 g/mol. The second-order valence-corrected chi connectivity index (χ2v) is 7.80. The smallest absolute Gasteiger partial charge is 0.229 e. The number of hydrogen-bond donors (Lipinski definition) is 1. The Morgan fingerprint density at radius 1 is 1.07 bits per heavy atom. The Bertz CT molecular complexity index is 1130. The van der Waals surface area contributed by atoms with Crippen molar-refractivity contribution in [2.75, 3.05) is 0 Å². The lowest BCUT2D eigenvalue weighted by molar-refractivity contribution is 0.367. The molecule has 2 aromatic carbocycles. The van der Waals surface area contributed by atoms with Gasteiger partial charge in [0, 0.05) is 0 Å². The van der Waals surface area contributed by atoms with Crippen molar-refractivity contribution in [2.45, 2.75) is 39.5 Å². The van der Waals surface area contributed by atoms with Gasteiger partial charge in [0.15, 0.2) is 0 Å². The zero-order chi connectivity index (χ0) is 20.7. The van der Waals surface area contributed by atoms with Crippen LogP contribution >= 0.6 is 0 Å². The average molecular weight is 384 g/mol. The first kappa shape index (κ1) is 18.8. The second-order valence-electron chi connectivity index (χ2n) is 7.80. The molecule has 0 aliphatic carbocycles. The van der Waals surface area contributed by atoms with Crippen molar-refractivity contribution >= 4 is 0 Å². The molecule has 0 saturated carbocycles. The lowest BCUT2D eigenvalue weighted by atomic mass is 9.83. The molecule has 1 aliphatic heterocycles. The molecule has 4 rings (SSSR count). The predicted octanol–water partition coefficient (Wildman–Crippen LogP) is 4.83. The van der Waals surface area contributed by atoms with E-state index in [-0.39, 0.29) is 11.8 Å². The van der Waals surface area contributed by atoms with Gasteiger partial charge >= 0.3 is 0 Å². The van der Waals surface area contributed by atoms with Gasteiger partial charge in [-0.3, -0.25) is 0 Å². The summed E-state index contributed by atoms with van der Waals surface area (Å²) in [5, 5.41) is 14.5. The minimum Gasteiger partial charge on any atom is -0.422 e. The summed E-state index contributed by atoms with van der Waals surface area (Å²) in [6.07, 6.45) is 0. The first-order valence-electron chi connectivity index (χ1n) is 9.74. The number of nitrogens with zero attached hydrogens (tertiary/aromatic N) is 3. The highest BCUT2D eigenvalue weighted by molar-refractivity contribution is 5.57. The summed E-state index contributed by atoms with van der Waals surface area (Å²) in [7, 11) is 0. The van der Waals surface area contributed by atoms with Crippen molar-refractivity contribution in [1.82, 2.24) is 9.78 Å². The monoisotopic (exact) mass is 384 g/mol. The van der Waals surface area contributed by atoms with Gasteiger partial charge in [0.2, 0.25) is 11.8 Å². The van der Waals surface area contributed by atoms with E-state index in [9.17, 15) is 5.26 Å². The van der Waals surface area contributed by atoms with Gasteiger partial charge in [0.25, 0.3) is 0 Å². The number of ether oxygens (including phenoxy) is 1. The van der Waals surface area contributed by atoms with Crippen LogP contribution in [0.15, 0.2) is 60.0 Å². The molecule has 0 spiro atoms. The molecule has 0 fully saturated rings. The van der Waals surface area contributed by atoms with Gasteiger partial charge in [0.05, 0.1) is 22.9 Å². The van der Waals surface area contributed by atoms with Crippen LogP contribution in [0.1, 0.15) is 53.6 Å². The van der Waals surface area contributed by atoms with Crippen LogP contribution in [0.25, 0.3) is 5.69 Å². The average Bonchev–Trinajstić information content (AvgIpc) is 3.03. The van der Waals surface area contributed by atoms with Gasteiger partial charge in [-0.2, -0.15) is 10.4 Å². The standard InChI is InChI=1S/C24H24N4O/c1-14(2)17-7-9-18(10-8-17)22-20(13-25)23(26)29-24-21(22)16(4)27-28(24)19-11-5-15(3)6-12-19/h5-12,14,22H,26H2,1-4H3. The molecule has 0 saturated heterocycles. The van der Waals surface area contributed by atoms with Crippen LogP contribution in [0.2, 0.25) is 0 Å². The third kappa shape index (κ3) is 3.17. The van der Waals surface area contributed by atoms with E-state index in [4.69, 9.17) is 15.6 Å². The summed E-state index contributed by atoms with van der Waals surface area (Å²) in [5.74, 6) is 0.840. The Balaban J connectivity index is 1.89. The molecule has 5 nitrogen and oxygen atoms in total. The molecular formula is C24H24N4O. The minimum atomic E-state index is -0.302. The van der Waals surface area contributed by atoms with Crippen molar-refractivity contribution in [2.24, 2.45) is 5.73 Å². The number of allylic oxidation sites excluding steroid dienone is 1. The SMILES string of the molecule is Cc1ccc(-n2nc(C)c3c2OC(N)=C(C#N)C3c2ccc(C(C)C)cc2)cc1.